The van der Waals surface area contributed by atoms with Gasteiger partial charge in [0.1, 0.15) is 6.54 Å². The predicted molar refractivity (Wildman–Crippen MR) is 58.8 cm³/mol. The van der Waals surface area contributed by atoms with Crippen LogP contribution in [0, 0.1) is 0 Å². The largest absolute Gasteiger partial charge is 0.408 e. The Labute approximate surface area is 101 Å². The van der Waals surface area contributed by atoms with Crippen LogP contribution < -0.4 is 5.32 Å². The fraction of sp³-hybridized carbons (Fsp3) is 0.400. The van der Waals surface area contributed by atoms with Gasteiger partial charge in [0.05, 0.1) is 18.1 Å². The van der Waals surface area contributed by atoms with Crippen molar-refractivity contribution in [3.8, 4) is 0 Å². The quantitative estimate of drug-likeness (QED) is 0.910. The van der Waals surface area contributed by atoms with Gasteiger partial charge in [0.2, 0.25) is 0 Å². The van der Waals surface area contributed by atoms with Gasteiger partial charge in [-0.1, -0.05) is 0 Å². The predicted octanol–water partition coefficient (Wildman–Crippen LogP) is 1.79. The number of hydrogen-bond donors (Lipinski definition) is 1. The molecule has 0 unspecified atom stereocenters. The molecule has 0 atom stereocenters. The van der Waals surface area contributed by atoms with Crippen molar-refractivity contribution in [3.05, 3.63) is 30.4 Å². The Morgan fingerprint density at radius 2 is 2.00 bits per heavy atom. The molecule has 0 aliphatic carbocycles. The highest BCUT2D eigenvalue weighted by atomic mass is 19.4. The molecule has 2 aromatic heterocycles. The van der Waals surface area contributed by atoms with Gasteiger partial charge < -0.3 is 5.32 Å². The molecule has 0 bridgehead atoms. The SMILES string of the molecule is Cn1cc(CNc2cnn(CC(F)(F)F)c2)cn1. The molecule has 0 fully saturated rings. The summed E-state index contributed by atoms with van der Waals surface area (Å²) in [6, 6.07) is 0. The molecule has 5 nitrogen and oxygen atoms in total. The minimum atomic E-state index is -4.26. The first-order valence-electron chi connectivity index (χ1n) is 5.23. The number of hydrogen-bond acceptors (Lipinski definition) is 3. The number of aryl methyl sites for hydroxylation is 1. The zero-order valence-electron chi connectivity index (χ0n) is 9.65. The van der Waals surface area contributed by atoms with Crippen LogP contribution in [0.5, 0.6) is 0 Å². The number of alkyl halides is 3. The smallest absolute Gasteiger partial charge is 0.378 e. The Hall–Kier alpha value is -1.99. The van der Waals surface area contributed by atoms with Crippen LogP contribution >= 0.6 is 0 Å². The van der Waals surface area contributed by atoms with E-state index in [1.165, 1.54) is 12.4 Å². The minimum absolute atomic E-state index is 0.492. The van der Waals surface area contributed by atoms with E-state index in [1.54, 1.807) is 17.9 Å². The van der Waals surface area contributed by atoms with Crippen LogP contribution in [0.2, 0.25) is 0 Å². The highest BCUT2D eigenvalue weighted by Gasteiger charge is 2.28. The third-order valence-corrected chi connectivity index (χ3v) is 2.23. The molecule has 2 heterocycles. The Kier molecular flexibility index (Phi) is 3.26. The highest BCUT2D eigenvalue weighted by Crippen LogP contribution is 2.18. The lowest BCUT2D eigenvalue weighted by molar-refractivity contribution is -0.142. The van der Waals surface area contributed by atoms with Crippen molar-refractivity contribution in [3.63, 3.8) is 0 Å². The molecule has 0 amide bonds. The van der Waals surface area contributed by atoms with Crippen LogP contribution in [0.3, 0.4) is 0 Å². The average Bonchev–Trinajstić information content (AvgIpc) is 2.82. The third-order valence-electron chi connectivity index (χ3n) is 2.23. The lowest BCUT2D eigenvalue weighted by atomic mass is 10.3. The topological polar surface area (TPSA) is 47.7 Å². The second kappa shape index (κ2) is 4.71. The Balaban J connectivity index is 1.91. The zero-order chi connectivity index (χ0) is 13.2. The molecule has 0 saturated heterocycles. The van der Waals surface area contributed by atoms with Crippen molar-refractivity contribution in [1.29, 1.82) is 0 Å². The maximum absolute atomic E-state index is 12.1. The zero-order valence-corrected chi connectivity index (χ0v) is 9.65. The summed E-state index contributed by atoms with van der Waals surface area (Å²) in [6.07, 6.45) is 1.94. The van der Waals surface area contributed by atoms with Gasteiger partial charge in [-0.25, -0.2) is 0 Å². The van der Waals surface area contributed by atoms with Gasteiger partial charge in [-0.15, -0.1) is 0 Å². The molecule has 0 aliphatic rings. The summed E-state index contributed by atoms with van der Waals surface area (Å²) in [6.45, 7) is -0.590. The molecule has 0 aromatic carbocycles. The summed E-state index contributed by atoms with van der Waals surface area (Å²) in [4.78, 5) is 0. The monoisotopic (exact) mass is 259 g/mol. The van der Waals surface area contributed by atoms with Crippen LogP contribution in [0.25, 0.3) is 0 Å². The number of nitrogens with zero attached hydrogens (tertiary/aromatic N) is 4. The normalized spacial score (nSPS) is 11.8. The lowest BCUT2D eigenvalue weighted by Gasteiger charge is -2.05. The van der Waals surface area contributed by atoms with E-state index in [0.717, 1.165) is 10.2 Å². The lowest BCUT2D eigenvalue weighted by Crippen LogP contribution is -2.17. The maximum atomic E-state index is 12.1. The number of halogens is 3. The summed E-state index contributed by atoms with van der Waals surface area (Å²) in [7, 11) is 1.80. The van der Waals surface area contributed by atoms with Crippen LogP contribution in [0.4, 0.5) is 18.9 Å². The van der Waals surface area contributed by atoms with Gasteiger partial charge in [0, 0.05) is 31.5 Å². The molecule has 1 N–H and O–H groups in total. The number of rotatable bonds is 4. The fourth-order valence-electron chi connectivity index (χ4n) is 1.49. The maximum Gasteiger partial charge on any atom is 0.408 e. The molecule has 2 rings (SSSR count). The first-order chi connectivity index (χ1) is 8.42. The van der Waals surface area contributed by atoms with E-state index in [1.807, 2.05) is 6.20 Å². The van der Waals surface area contributed by atoms with Crippen molar-refractivity contribution >= 4 is 5.69 Å². The van der Waals surface area contributed by atoms with Gasteiger partial charge in [-0.2, -0.15) is 23.4 Å². The number of nitrogens with one attached hydrogen (secondary N) is 1. The van der Waals surface area contributed by atoms with E-state index in [-0.39, 0.29) is 0 Å². The summed E-state index contributed by atoms with van der Waals surface area (Å²) in [5, 5.41) is 10.6. The van der Waals surface area contributed by atoms with E-state index in [4.69, 9.17) is 0 Å². The van der Waals surface area contributed by atoms with E-state index in [2.05, 4.69) is 15.5 Å². The van der Waals surface area contributed by atoms with Crippen LogP contribution in [0.15, 0.2) is 24.8 Å². The Morgan fingerprint density at radius 1 is 1.22 bits per heavy atom. The minimum Gasteiger partial charge on any atom is -0.378 e. The standard InChI is InChI=1S/C10H12F3N5/c1-17-5-8(3-15-17)2-14-9-4-16-18(6-9)7-10(11,12)13/h3-6,14H,2,7H2,1H3. The molecule has 2 aromatic rings. The average molecular weight is 259 g/mol. The summed E-state index contributed by atoms with van der Waals surface area (Å²) < 4.78 is 38.8. The van der Waals surface area contributed by atoms with Crippen LogP contribution in [0.1, 0.15) is 5.56 Å². The van der Waals surface area contributed by atoms with Crippen LogP contribution in [-0.2, 0) is 20.1 Å². The van der Waals surface area contributed by atoms with Gasteiger partial charge in [0.15, 0.2) is 0 Å². The summed E-state index contributed by atoms with van der Waals surface area (Å²) in [5.41, 5.74) is 1.49. The summed E-state index contributed by atoms with van der Waals surface area (Å²) >= 11 is 0. The third kappa shape index (κ3) is 3.51. The molecule has 0 radical (unpaired) electrons. The molecule has 8 heteroatoms. The molecule has 18 heavy (non-hydrogen) atoms. The van der Waals surface area contributed by atoms with Gasteiger partial charge in [-0.3, -0.25) is 9.36 Å². The van der Waals surface area contributed by atoms with Crippen molar-refractivity contribution in [1.82, 2.24) is 19.6 Å². The van der Waals surface area contributed by atoms with Crippen LogP contribution in [-0.4, -0.2) is 25.7 Å². The molecule has 0 aliphatic heterocycles. The van der Waals surface area contributed by atoms with Crippen molar-refractivity contribution in [2.24, 2.45) is 7.05 Å². The van der Waals surface area contributed by atoms with Gasteiger partial charge in [-0.05, 0) is 0 Å². The van der Waals surface area contributed by atoms with Crippen molar-refractivity contribution in [2.45, 2.75) is 19.3 Å². The van der Waals surface area contributed by atoms with E-state index >= 15 is 0 Å². The molecular formula is C10H12F3N5. The first-order valence-corrected chi connectivity index (χ1v) is 5.23. The van der Waals surface area contributed by atoms with Gasteiger partial charge in [0.25, 0.3) is 0 Å². The summed E-state index contributed by atoms with van der Waals surface area (Å²) in [5.74, 6) is 0. The molecular weight excluding hydrogens is 247 g/mol. The first kappa shape index (κ1) is 12.5. The molecule has 0 spiro atoms. The Bertz CT molecular complexity index is 514. The van der Waals surface area contributed by atoms with Gasteiger partial charge >= 0.3 is 6.18 Å². The Morgan fingerprint density at radius 3 is 2.61 bits per heavy atom. The highest BCUT2D eigenvalue weighted by molar-refractivity contribution is 5.38. The number of anilines is 1. The second-order valence-electron chi connectivity index (χ2n) is 3.92. The van der Waals surface area contributed by atoms with E-state index < -0.39 is 12.7 Å². The van der Waals surface area contributed by atoms with Crippen molar-refractivity contribution < 1.29 is 13.2 Å². The molecule has 0 saturated carbocycles. The second-order valence-corrected chi connectivity index (χ2v) is 3.92. The van der Waals surface area contributed by atoms with E-state index in [0.29, 0.717) is 12.2 Å². The van der Waals surface area contributed by atoms with Crippen molar-refractivity contribution in [2.75, 3.05) is 5.32 Å². The fourth-order valence-corrected chi connectivity index (χ4v) is 1.49. The van der Waals surface area contributed by atoms with E-state index in [9.17, 15) is 13.2 Å². The molecule has 98 valence electrons. The number of aromatic nitrogens is 4.